The van der Waals surface area contributed by atoms with Crippen LogP contribution in [0.2, 0.25) is 0 Å². The fourth-order valence-electron chi connectivity index (χ4n) is 0.985. The van der Waals surface area contributed by atoms with Crippen LogP contribution in [0.15, 0.2) is 30.7 Å². The van der Waals surface area contributed by atoms with Crippen molar-refractivity contribution >= 4 is 5.82 Å². The fourth-order valence-corrected chi connectivity index (χ4v) is 0.985. The standard InChI is InChI=1S/C8H8N4/c9-8-2-1-6(3-10-8)7-4-11-12-5-7/h1-5H,(H2,9,10)(H,11,12). The molecule has 4 heteroatoms. The van der Waals surface area contributed by atoms with Crippen LogP contribution < -0.4 is 5.73 Å². The zero-order valence-corrected chi connectivity index (χ0v) is 6.36. The number of H-pyrrole nitrogens is 1. The maximum Gasteiger partial charge on any atom is 0.123 e. The Kier molecular flexibility index (Phi) is 1.51. The molecule has 4 nitrogen and oxygen atoms in total. The first-order valence-electron chi connectivity index (χ1n) is 3.57. The van der Waals surface area contributed by atoms with E-state index in [2.05, 4.69) is 15.2 Å². The lowest BCUT2D eigenvalue weighted by Crippen LogP contribution is -1.88. The summed E-state index contributed by atoms with van der Waals surface area (Å²) < 4.78 is 0. The second kappa shape index (κ2) is 2.65. The summed E-state index contributed by atoms with van der Waals surface area (Å²) in [6.45, 7) is 0. The number of aromatic nitrogens is 3. The number of aromatic amines is 1. The Morgan fingerprint density at radius 2 is 2.08 bits per heavy atom. The van der Waals surface area contributed by atoms with Crippen molar-refractivity contribution < 1.29 is 0 Å². The molecule has 0 radical (unpaired) electrons. The van der Waals surface area contributed by atoms with Crippen molar-refractivity contribution in [1.29, 1.82) is 0 Å². The zero-order chi connectivity index (χ0) is 8.39. The Morgan fingerprint density at radius 1 is 1.17 bits per heavy atom. The van der Waals surface area contributed by atoms with Crippen LogP contribution in [0.25, 0.3) is 11.1 Å². The highest BCUT2D eigenvalue weighted by molar-refractivity contribution is 5.61. The summed E-state index contributed by atoms with van der Waals surface area (Å²) in [6, 6.07) is 3.68. The van der Waals surface area contributed by atoms with Crippen LogP contribution in [0.3, 0.4) is 0 Å². The summed E-state index contributed by atoms with van der Waals surface area (Å²) in [5.41, 5.74) is 7.47. The lowest BCUT2D eigenvalue weighted by Gasteiger charge is -1.95. The molecular weight excluding hydrogens is 152 g/mol. The minimum Gasteiger partial charge on any atom is -0.384 e. The van der Waals surface area contributed by atoms with Gasteiger partial charge in [-0.3, -0.25) is 5.10 Å². The van der Waals surface area contributed by atoms with Gasteiger partial charge in [-0.2, -0.15) is 5.10 Å². The Balaban J connectivity index is 2.43. The monoisotopic (exact) mass is 160 g/mol. The van der Waals surface area contributed by atoms with E-state index in [-0.39, 0.29) is 0 Å². The van der Waals surface area contributed by atoms with Gasteiger partial charge in [0.2, 0.25) is 0 Å². The first-order chi connectivity index (χ1) is 5.86. The van der Waals surface area contributed by atoms with Gasteiger partial charge in [-0.1, -0.05) is 0 Å². The van der Waals surface area contributed by atoms with Crippen molar-refractivity contribution in [2.75, 3.05) is 5.73 Å². The minimum absolute atomic E-state index is 0.530. The summed E-state index contributed by atoms with van der Waals surface area (Å²) in [5, 5.41) is 6.57. The smallest absolute Gasteiger partial charge is 0.123 e. The fraction of sp³-hybridized carbons (Fsp3) is 0. The average Bonchev–Trinajstić information content (AvgIpc) is 2.58. The molecule has 0 saturated heterocycles. The number of hydrogen-bond donors (Lipinski definition) is 2. The van der Waals surface area contributed by atoms with Gasteiger partial charge in [0.25, 0.3) is 0 Å². The largest absolute Gasteiger partial charge is 0.384 e. The minimum atomic E-state index is 0.530. The molecule has 2 heterocycles. The highest BCUT2D eigenvalue weighted by Crippen LogP contribution is 2.16. The highest BCUT2D eigenvalue weighted by atomic mass is 15.1. The maximum atomic E-state index is 5.45. The first-order valence-corrected chi connectivity index (χ1v) is 3.57. The predicted octanol–water partition coefficient (Wildman–Crippen LogP) is 1.05. The van der Waals surface area contributed by atoms with Crippen LogP contribution >= 0.6 is 0 Å². The molecule has 2 aromatic rings. The molecule has 0 aliphatic rings. The first kappa shape index (κ1) is 6.84. The van der Waals surface area contributed by atoms with Gasteiger partial charge in [0.05, 0.1) is 6.20 Å². The molecule has 12 heavy (non-hydrogen) atoms. The molecule has 3 N–H and O–H groups in total. The van der Waals surface area contributed by atoms with Crippen molar-refractivity contribution in [1.82, 2.24) is 15.2 Å². The molecule has 0 spiro atoms. The second-order valence-electron chi connectivity index (χ2n) is 2.46. The van der Waals surface area contributed by atoms with Crippen molar-refractivity contribution in [3.05, 3.63) is 30.7 Å². The number of hydrogen-bond acceptors (Lipinski definition) is 3. The number of pyridine rings is 1. The van der Waals surface area contributed by atoms with E-state index < -0.39 is 0 Å². The Morgan fingerprint density at radius 3 is 2.67 bits per heavy atom. The third-order valence-corrected chi connectivity index (χ3v) is 1.62. The van der Waals surface area contributed by atoms with Crippen LogP contribution in [0.1, 0.15) is 0 Å². The molecule has 0 atom stereocenters. The summed E-state index contributed by atoms with van der Waals surface area (Å²) in [4.78, 5) is 3.97. The van der Waals surface area contributed by atoms with Gasteiger partial charge in [-0.05, 0) is 12.1 Å². The molecule has 2 rings (SSSR count). The second-order valence-corrected chi connectivity index (χ2v) is 2.46. The molecule has 2 aromatic heterocycles. The van der Waals surface area contributed by atoms with E-state index in [4.69, 9.17) is 5.73 Å². The maximum absolute atomic E-state index is 5.45. The molecule has 0 amide bonds. The van der Waals surface area contributed by atoms with E-state index in [1.165, 1.54) is 0 Å². The van der Waals surface area contributed by atoms with Crippen LogP contribution in [-0.4, -0.2) is 15.2 Å². The Bertz CT molecular complexity index is 349. The quantitative estimate of drug-likeness (QED) is 0.655. The molecular formula is C8H8N4. The van der Waals surface area contributed by atoms with E-state index in [0.29, 0.717) is 5.82 Å². The van der Waals surface area contributed by atoms with Gasteiger partial charge in [0, 0.05) is 23.5 Å². The lowest BCUT2D eigenvalue weighted by molar-refractivity contribution is 1.09. The van der Waals surface area contributed by atoms with E-state index >= 15 is 0 Å². The van der Waals surface area contributed by atoms with Crippen molar-refractivity contribution in [3.63, 3.8) is 0 Å². The molecule has 0 saturated carbocycles. The Labute approximate surface area is 69.4 Å². The summed E-state index contributed by atoms with van der Waals surface area (Å²) in [6.07, 6.45) is 5.28. The molecule has 0 aliphatic heterocycles. The molecule has 0 bridgehead atoms. The third kappa shape index (κ3) is 1.14. The molecule has 0 aliphatic carbocycles. The third-order valence-electron chi connectivity index (χ3n) is 1.62. The van der Waals surface area contributed by atoms with Crippen LogP contribution in [-0.2, 0) is 0 Å². The van der Waals surface area contributed by atoms with Gasteiger partial charge >= 0.3 is 0 Å². The van der Waals surface area contributed by atoms with Gasteiger partial charge in [-0.25, -0.2) is 4.98 Å². The van der Waals surface area contributed by atoms with Gasteiger partial charge in [-0.15, -0.1) is 0 Å². The van der Waals surface area contributed by atoms with Crippen molar-refractivity contribution in [3.8, 4) is 11.1 Å². The number of anilines is 1. The molecule has 0 unspecified atom stereocenters. The number of nitrogens with one attached hydrogen (secondary N) is 1. The van der Waals surface area contributed by atoms with Gasteiger partial charge in [0.15, 0.2) is 0 Å². The van der Waals surface area contributed by atoms with Crippen LogP contribution in [0.5, 0.6) is 0 Å². The summed E-state index contributed by atoms with van der Waals surface area (Å²) in [7, 11) is 0. The zero-order valence-electron chi connectivity index (χ0n) is 6.36. The highest BCUT2D eigenvalue weighted by Gasteiger charge is 1.97. The SMILES string of the molecule is Nc1ccc(-c2cn[nH]c2)cn1. The number of nitrogens with zero attached hydrogens (tertiary/aromatic N) is 2. The molecule has 0 fully saturated rings. The van der Waals surface area contributed by atoms with E-state index in [0.717, 1.165) is 11.1 Å². The summed E-state index contributed by atoms with van der Waals surface area (Å²) >= 11 is 0. The number of nitrogens with two attached hydrogens (primary N) is 1. The lowest BCUT2D eigenvalue weighted by atomic mass is 10.2. The van der Waals surface area contributed by atoms with E-state index in [9.17, 15) is 0 Å². The predicted molar refractivity (Wildman–Crippen MR) is 46.2 cm³/mol. The van der Waals surface area contributed by atoms with Crippen molar-refractivity contribution in [2.24, 2.45) is 0 Å². The molecule has 60 valence electrons. The molecule has 0 aromatic carbocycles. The normalized spacial score (nSPS) is 10.0. The average molecular weight is 160 g/mol. The Hall–Kier alpha value is -1.84. The topological polar surface area (TPSA) is 67.6 Å². The summed E-state index contributed by atoms with van der Waals surface area (Å²) in [5.74, 6) is 0.530. The van der Waals surface area contributed by atoms with Crippen molar-refractivity contribution in [2.45, 2.75) is 0 Å². The van der Waals surface area contributed by atoms with Crippen LogP contribution in [0, 0.1) is 0 Å². The van der Waals surface area contributed by atoms with E-state index in [1.807, 2.05) is 12.3 Å². The van der Waals surface area contributed by atoms with E-state index in [1.54, 1.807) is 18.5 Å². The van der Waals surface area contributed by atoms with Gasteiger partial charge < -0.3 is 5.73 Å². The van der Waals surface area contributed by atoms with Crippen LogP contribution in [0.4, 0.5) is 5.82 Å². The van der Waals surface area contributed by atoms with Gasteiger partial charge in [0.1, 0.15) is 5.82 Å². The number of rotatable bonds is 1. The number of nitrogen functional groups attached to an aromatic ring is 1.